The van der Waals surface area contributed by atoms with Gasteiger partial charge in [-0.3, -0.25) is 9.10 Å². The number of aryl methyl sites for hydroxylation is 2. The lowest BCUT2D eigenvalue weighted by atomic mass is 10.2. The Labute approximate surface area is 142 Å². The largest absolute Gasteiger partial charge is 0.465 e. The lowest BCUT2D eigenvalue weighted by molar-refractivity contribution is -0.141. The summed E-state index contributed by atoms with van der Waals surface area (Å²) in [4.78, 5) is 12.0. The maximum Gasteiger partial charge on any atom is 0.326 e. The van der Waals surface area contributed by atoms with E-state index in [2.05, 4.69) is 0 Å². The zero-order valence-electron chi connectivity index (χ0n) is 14.0. The van der Waals surface area contributed by atoms with E-state index in [1.807, 2.05) is 13.8 Å². The quantitative estimate of drug-likeness (QED) is 0.754. The van der Waals surface area contributed by atoms with E-state index >= 15 is 0 Å². The van der Waals surface area contributed by atoms with Crippen LogP contribution in [0.4, 0.5) is 5.69 Å². The Morgan fingerprint density at radius 3 is 1.96 bits per heavy atom. The summed E-state index contributed by atoms with van der Waals surface area (Å²) in [6.07, 6.45) is 0. The standard InChI is InChI=1S/C18H21NO4S/c1-4-23-18(20)13-19(16-9-5-14(2)6-10-16)24(21,22)17-11-7-15(3)8-12-17/h5-12H,4,13H2,1-3H3. The number of carbonyl (C=O) groups excluding carboxylic acids is 1. The monoisotopic (exact) mass is 347 g/mol. The molecule has 0 heterocycles. The van der Waals surface area contributed by atoms with Crippen molar-refractivity contribution in [3.63, 3.8) is 0 Å². The number of benzene rings is 2. The third kappa shape index (κ3) is 4.14. The van der Waals surface area contributed by atoms with Crippen LogP contribution < -0.4 is 4.31 Å². The van der Waals surface area contributed by atoms with E-state index in [0.29, 0.717) is 5.69 Å². The summed E-state index contributed by atoms with van der Waals surface area (Å²) >= 11 is 0. The van der Waals surface area contributed by atoms with Gasteiger partial charge in [-0.15, -0.1) is 0 Å². The molecule has 128 valence electrons. The van der Waals surface area contributed by atoms with Gasteiger partial charge < -0.3 is 4.74 Å². The topological polar surface area (TPSA) is 63.7 Å². The van der Waals surface area contributed by atoms with E-state index in [9.17, 15) is 13.2 Å². The molecule has 0 atom stereocenters. The number of esters is 1. The molecule has 0 radical (unpaired) electrons. The van der Waals surface area contributed by atoms with Crippen LogP contribution in [0.3, 0.4) is 0 Å². The Hall–Kier alpha value is -2.34. The van der Waals surface area contributed by atoms with Gasteiger partial charge in [0.15, 0.2) is 0 Å². The molecular weight excluding hydrogens is 326 g/mol. The van der Waals surface area contributed by atoms with Gasteiger partial charge in [-0.2, -0.15) is 0 Å². The SMILES string of the molecule is CCOC(=O)CN(c1ccc(C)cc1)S(=O)(=O)c1ccc(C)cc1. The molecule has 2 rings (SSSR count). The lowest BCUT2D eigenvalue weighted by Gasteiger charge is -2.23. The van der Waals surface area contributed by atoms with Gasteiger partial charge in [-0.05, 0) is 45.0 Å². The van der Waals surface area contributed by atoms with Crippen molar-refractivity contribution >= 4 is 21.7 Å². The number of carbonyl (C=O) groups is 1. The van der Waals surface area contributed by atoms with Crippen molar-refractivity contribution in [2.24, 2.45) is 0 Å². The molecule has 5 nitrogen and oxygen atoms in total. The molecule has 6 heteroatoms. The summed E-state index contributed by atoms with van der Waals surface area (Å²) in [6.45, 7) is 5.31. The molecule has 0 aromatic heterocycles. The molecule has 0 unspecified atom stereocenters. The number of ether oxygens (including phenoxy) is 1. The third-order valence-electron chi connectivity index (χ3n) is 3.51. The second-order valence-corrected chi connectivity index (χ2v) is 7.33. The van der Waals surface area contributed by atoms with Gasteiger partial charge in [0.05, 0.1) is 17.2 Å². The van der Waals surface area contributed by atoms with E-state index in [1.54, 1.807) is 43.3 Å². The molecule has 0 saturated heterocycles. The molecule has 0 aliphatic carbocycles. The van der Waals surface area contributed by atoms with Crippen LogP contribution in [0.5, 0.6) is 0 Å². The first-order valence-electron chi connectivity index (χ1n) is 7.66. The molecule has 2 aromatic rings. The molecule has 0 amide bonds. The highest BCUT2D eigenvalue weighted by atomic mass is 32.2. The Bertz CT molecular complexity index is 796. The van der Waals surface area contributed by atoms with Crippen molar-refractivity contribution in [1.29, 1.82) is 0 Å². The van der Waals surface area contributed by atoms with Gasteiger partial charge in [-0.1, -0.05) is 35.4 Å². The average Bonchev–Trinajstić information content (AvgIpc) is 2.54. The van der Waals surface area contributed by atoms with Crippen LogP contribution in [0.15, 0.2) is 53.4 Å². The molecule has 0 bridgehead atoms. The van der Waals surface area contributed by atoms with Crippen molar-refractivity contribution in [3.05, 3.63) is 59.7 Å². The minimum Gasteiger partial charge on any atom is -0.465 e. The number of rotatable bonds is 6. The van der Waals surface area contributed by atoms with Crippen LogP contribution in [0.25, 0.3) is 0 Å². The minimum absolute atomic E-state index is 0.137. The van der Waals surface area contributed by atoms with Crippen molar-refractivity contribution in [3.8, 4) is 0 Å². The number of hydrogen-bond acceptors (Lipinski definition) is 4. The maximum absolute atomic E-state index is 13.0. The number of hydrogen-bond donors (Lipinski definition) is 0. The van der Waals surface area contributed by atoms with Crippen molar-refractivity contribution < 1.29 is 17.9 Å². The second-order valence-electron chi connectivity index (χ2n) is 5.47. The van der Waals surface area contributed by atoms with Crippen LogP contribution in [0.1, 0.15) is 18.1 Å². The summed E-state index contributed by atoms with van der Waals surface area (Å²) in [6, 6.07) is 13.5. The van der Waals surface area contributed by atoms with Gasteiger partial charge >= 0.3 is 5.97 Å². The summed E-state index contributed by atoms with van der Waals surface area (Å²) in [5.41, 5.74) is 2.39. The van der Waals surface area contributed by atoms with Gasteiger partial charge in [0.2, 0.25) is 0 Å². The van der Waals surface area contributed by atoms with Crippen LogP contribution in [-0.4, -0.2) is 27.5 Å². The third-order valence-corrected chi connectivity index (χ3v) is 5.30. The summed E-state index contributed by atoms with van der Waals surface area (Å²) in [5.74, 6) is -0.589. The van der Waals surface area contributed by atoms with Gasteiger partial charge in [-0.25, -0.2) is 8.42 Å². The van der Waals surface area contributed by atoms with Crippen LogP contribution >= 0.6 is 0 Å². The highest BCUT2D eigenvalue weighted by Crippen LogP contribution is 2.24. The number of sulfonamides is 1. The first-order valence-corrected chi connectivity index (χ1v) is 9.10. The fourth-order valence-corrected chi connectivity index (χ4v) is 3.60. The van der Waals surface area contributed by atoms with Gasteiger partial charge in [0.25, 0.3) is 10.0 Å². The summed E-state index contributed by atoms with van der Waals surface area (Å²) in [7, 11) is -3.86. The van der Waals surface area contributed by atoms with Crippen molar-refractivity contribution in [2.75, 3.05) is 17.5 Å². The zero-order valence-corrected chi connectivity index (χ0v) is 14.8. The first-order chi connectivity index (χ1) is 11.3. The average molecular weight is 347 g/mol. The minimum atomic E-state index is -3.86. The maximum atomic E-state index is 13.0. The molecule has 24 heavy (non-hydrogen) atoms. The normalized spacial score (nSPS) is 11.1. The van der Waals surface area contributed by atoms with Crippen molar-refractivity contribution in [2.45, 2.75) is 25.7 Å². The van der Waals surface area contributed by atoms with Crippen LogP contribution in [0, 0.1) is 13.8 Å². The Kier molecular flexibility index (Phi) is 5.62. The molecule has 2 aromatic carbocycles. The fraction of sp³-hybridized carbons (Fsp3) is 0.278. The van der Waals surface area contributed by atoms with Gasteiger partial charge in [0.1, 0.15) is 6.54 Å². The molecule has 0 N–H and O–H groups in total. The zero-order chi connectivity index (χ0) is 17.7. The highest BCUT2D eigenvalue weighted by Gasteiger charge is 2.27. The number of anilines is 1. The highest BCUT2D eigenvalue weighted by molar-refractivity contribution is 7.92. The van der Waals surface area contributed by atoms with Crippen LogP contribution in [-0.2, 0) is 19.6 Å². The molecule has 0 aliphatic rings. The predicted molar refractivity (Wildman–Crippen MR) is 93.5 cm³/mol. The molecular formula is C18H21NO4S. The fourth-order valence-electron chi connectivity index (χ4n) is 2.19. The molecule has 0 saturated carbocycles. The van der Waals surface area contributed by atoms with E-state index in [1.165, 1.54) is 12.1 Å². The summed E-state index contributed by atoms with van der Waals surface area (Å²) < 4.78 is 32.0. The lowest BCUT2D eigenvalue weighted by Crippen LogP contribution is -2.36. The second kappa shape index (κ2) is 7.49. The van der Waals surface area contributed by atoms with Crippen molar-refractivity contribution in [1.82, 2.24) is 0 Å². The Morgan fingerprint density at radius 1 is 0.958 bits per heavy atom. The van der Waals surface area contributed by atoms with E-state index in [0.717, 1.165) is 15.4 Å². The summed E-state index contributed by atoms with van der Waals surface area (Å²) in [5, 5.41) is 0. The van der Waals surface area contributed by atoms with Gasteiger partial charge in [0, 0.05) is 0 Å². The first kappa shape index (κ1) is 18.0. The molecule has 0 spiro atoms. The molecule has 0 aliphatic heterocycles. The Balaban J connectivity index is 2.45. The molecule has 0 fully saturated rings. The van der Waals surface area contributed by atoms with E-state index < -0.39 is 16.0 Å². The van der Waals surface area contributed by atoms with E-state index in [4.69, 9.17) is 4.74 Å². The smallest absolute Gasteiger partial charge is 0.326 e. The van der Waals surface area contributed by atoms with Crippen LogP contribution in [0.2, 0.25) is 0 Å². The predicted octanol–water partition coefficient (Wildman–Crippen LogP) is 3.06. The Morgan fingerprint density at radius 2 is 1.46 bits per heavy atom. The van der Waals surface area contributed by atoms with E-state index in [-0.39, 0.29) is 18.0 Å². The number of nitrogens with zero attached hydrogens (tertiary/aromatic N) is 1.